The van der Waals surface area contributed by atoms with Crippen molar-refractivity contribution >= 4 is 16.2 Å². The second-order valence-electron chi connectivity index (χ2n) is 7.01. The first-order chi connectivity index (χ1) is 12.6. The smallest absolute Gasteiger partial charge is 0.407 e. The zero-order chi connectivity index (χ0) is 20.1. The van der Waals surface area contributed by atoms with Crippen molar-refractivity contribution in [3.63, 3.8) is 0 Å². The van der Waals surface area contributed by atoms with Gasteiger partial charge in [-0.3, -0.25) is 0 Å². The first-order valence-electron chi connectivity index (χ1n) is 8.46. The van der Waals surface area contributed by atoms with Crippen molar-refractivity contribution in [2.75, 3.05) is 6.54 Å². The summed E-state index contributed by atoms with van der Waals surface area (Å²) in [5, 5.41) is 2.69. The molecule has 0 saturated heterocycles. The van der Waals surface area contributed by atoms with E-state index in [-0.39, 0.29) is 10.6 Å². The molecule has 2 aromatic carbocycles. The molecule has 7 heteroatoms. The summed E-state index contributed by atoms with van der Waals surface area (Å²) >= 11 is 0. The molecule has 1 N–H and O–H groups in total. The lowest BCUT2D eigenvalue weighted by atomic mass is 10.0. The Hall–Kier alpha value is -2.54. The van der Waals surface area contributed by atoms with Gasteiger partial charge >= 0.3 is 16.2 Å². The van der Waals surface area contributed by atoms with Crippen molar-refractivity contribution in [3.05, 3.63) is 66.1 Å². The molecule has 0 aliphatic heterocycles. The molecule has 145 valence electrons. The van der Waals surface area contributed by atoms with Gasteiger partial charge in [0, 0.05) is 12.5 Å². The first kappa shape index (κ1) is 20.8. The normalized spacial score (nSPS) is 11.9. The van der Waals surface area contributed by atoms with Crippen LogP contribution in [0.2, 0.25) is 0 Å². The number of hydrogen-bond acceptors (Lipinski definition) is 5. The molecule has 1 radical (unpaired) electrons. The molecular weight excluding hydrogens is 366 g/mol. The molecule has 0 fully saturated rings. The van der Waals surface area contributed by atoms with Crippen LogP contribution in [0.5, 0.6) is 5.75 Å². The summed E-state index contributed by atoms with van der Waals surface area (Å²) in [7, 11) is -3.87. The molecule has 0 heterocycles. The van der Waals surface area contributed by atoms with E-state index in [1.54, 1.807) is 63.2 Å². The highest BCUT2D eigenvalue weighted by Gasteiger charge is 2.18. The van der Waals surface area contributed by atoms with Crippen molar-refractivity contribution in [3.8, 4) is 5.75 Å². The van der Waals surface area contributed by atoms with Crippen molar-refractivity contribution < 1.29 is 22.1 Å². The Kier molecular flexibility index (Phi) is 6.49. The summed E-state index contributed by atoms with van der Waals surface area (Å²) in [6.07, 6.45) is -0.490. The summed E-state index contributed by atoms with van der Waals surface area (Å²) in [6.45, 7) is 7.58. The monoisotopic (exact) mass is 390 g/mol. The Labute approximate surface area is 160 Å². The third-order valence-electron chi connectivity index (χ3n) is 3.48. The maximum atomic E-state index is 12.2. The molecule has 0 spiro atoms. The number of rotatable bonds is 6. The van der Waals surface area contributed by atoms with Crippen LogP contribution in [-0.2, 0) is 14.9 Å². The fourth-order valence-electron chi connectivity index (χ4n) is 2.18. The van der Waals surface area contributed by atoms with E-state index in [4.69, 9.17) is 8.92 Å². The van der Waals surface area contributed by atoms with E-state index < -0.39 is 21.8 Å². The minimum atomic E-state index is -3.87. The second kappa shape index (κ2) is 8.43. The van der Waals surface area contributed by atoms with Crippen LogP contribution in [0.4, 0.5) is 4.79 Å². The molecule has 0 atom stereocenters. The Morgan fingerprint density at radius 1 is 1.00 bits per heavy atom. The first-order valence-corrected chi connectivity index (χ1v) is 9.87. The van der Waals surface area contributed by atoms with Crippen LogP contribution >= 0.6 is 0 Å². The molecular formula is C20H24NO5S. The highest BCUT2D eigenvalue weighted by Crippen LogP contribution is 2.22. The van der Waals surface area contributed by atoms with Crippen LogP contribution in [-0.4, -0.2) is 26.7 Å². The lowest BCUT2D eigenvalue weighted by molar-refractivity contribution is 0.0530. The molecule has 27 heavy (non-hydrogen) atoms. The third-order valence-corrected chi connectivity index (χ3v) is 4.74. The standard InChI is InChI=1S/C20H24NO5S/c1-15(14-21-19(22)25-20(2,3)4)16-10-12-17(13-11-16)26-27(23,24)18-8-6-5-7-9-18/h5-13H,14H2,1-4H3,(H,21,22). The van der Waals surface area contributed by atoms with E-state index in [9.17, 15) is 13.2 Å². The highest BCUT2D eigenvalue weighted by atomic mass is 32.2. The topological polar surface area (TPSA) is 81.7 Å². The predicted molar refractivity (Wildman–Crippen MR) is 103 cm³/mol. The summed E-state index contributed by atoms with van der Waals surface area (Å²) in [6, 6.07) is 14.6. The molecule has 0 bridgehead atoms. The quantitative estimate of drug-likeness (QED) is 0.756. The maximum Gasteiger partial charge on any atom is 0.407 e. The van der Waals surface area contributed by atoms with Gasteiger partial charge in [-0.25, -0.2) is 4.79 Å². The van der Waals surface area contributed by atoms with Gasteiger partial charge in [0.15, 0.2) is 0 Å². The lowest BCUT2D eigenvalue weighted by Crippen LogP contribution is -2.34. The molecule has 1 amide bonds. The third kappa shape index (κ3) is 6.60. The molecule has 2 aromatic rings. The molecule has 6 nitrogen and oxygen atoms in total. The van der Waals surface area contributed by atoms with Gasteiger partial charge < -0.3 is 14.2 Å². The minimum Gasteiger partial charge on any atom is -0.444 e. The Morgan fingerprint density at radius 2 is 1.59 bits per heavy atom. The number of alkyl carbamates (subject to hydrolysis) is 1. The second-order valence-corrected chi connectivity index (χ2v) is 8.56. The van der Waals surface area contributed by atoms with Crippen molar-refractivity contribution in [2.45, 2.75) is 38.2 Å². The van der Waals surface area contributed by atoms with Crippen LogP contribution in [0.15, 0.2) is 59.5 Å². The lowest BCUT2D eigenvalue weighted by Gasteiger charge is -2.20. The van der Waals surface area contributed by atoms with Gasteiger partial charge in [-0.15, -0.1) is 0 Å². The number of amides is 1. The highest BCUT2D eigenvalue weighted by molar-refractivity contribution is 7.87. The van der Waals surface area contributed by atoms with Crippen LogP contribution in [0, 0.1) is 5.92 Å². The van der Waals surface area contributed by atoms with Gasteiger partial charge in [-0.1, -0.05) is 37.3 Å². The number of nitrogens with one attached hydrogen (secondary N) is 1. The predicted octanol–water partition coefficient (Wildman–Crippen LogP) is 3.92. The summed E-state index contributed by atoms with van der Waals surface area (Å²) in [4.78, 5) is 11.8. The number of carbonyl (C=O) groups excluding carboxylic acids is 1. The molecule has 0 aliphatic carbocycles. The molecule has 2 rings (SSSR count). The summed E-state index contributed by atoms with van der Waals surface area (Å²) < 4.78 is 34.8. The van der Waals surface area contributed by atoms with Crippen LogP contribution < -0.4 is 9.50 Å². The number of ether oxygens (including phenoxy) is 1. The van der Waals surface area contributed by atoms with E-state index in [0.717, 1.165) is 11.5 Å². The van der Waals surface area contributed by atoms with E-state index in [1.165, 1.54) is 12.1 Å². The zero-order valence-corrected chi connectivity index (χ0v) is 16.7. The van der Waals surface area contributed by atoms with E-state index in [1.807, 2.05) is 6.92 Å². The average Bonchev–Trinajstić information content (AvgIpc) is 2.59. The number of carbonyl (C=O) groups is 1. The van der Waals surface area contributed by atoms with Gasteiger partial charge in [0.1, 0.15) is 16.2 Å². The fourth-order valence-corrected chi connectivity index (χ4v) is 3.13. The van der Waals surface area contributed by atoms with Crippen molar-refractivity contribution in [1.29, 1.82) is 0 Å². The van der Waals surface area contributed by atoms with Gasteiger partial charge in [0.2, 0.25) is 0 Å². The Balaban J connectivity index is 1.95. The van der Waals surface area contributed by atoms with Gasteiger partial charge in [0.05, 0.1) is 0 Å². The van der Waals surface area contributed by atoms with E-state index in [2.05, 4.69) is 5.32 Å². The minimum absolute atomic E-state index is 0.0957. The number of benzene rings is 2. The van der Waals surface area contributed by atoms with Gasteiger partial charge in [-0.2, -0.15) is 8.42 Å². The Bertz CT molecular complexity index is 855. The average molecular weight is 390 g/mol. The van der Waals surface area contributed by atoms with Crippen molar-refractivity contribution in [2.24, 2.45) is 0 Å². The summed E-state index contributed by atoms with van der Waals surface area (Å²) in [5.41, 5.74) is 0.303. The van der Waals surface area contributed by atoms with Gasteiger partial charge in [-0.05, 0) is 50.6 Å². The van der Waals surface area contributed by atoms with Crippen LogP contribution in [0.25, 0.3) is 0 Å². The van der Waals surface area contributed by atoms with E-state index >= 15 is 0 Å². The molecule has 0 aliphatic rings. The zero-order valence-electron chi connectivity index (χ0n) is 15.9. The van der Waals surface area contributed by atoms with Crippen LogP contribution in [0.3, 0.4) is 0 Å². The largest absolute Gasteiger partial charge is 0.444 e. The Morgan fingerprint density at radius 3 is 2.15 bits per heavy atom. The van der Waals surface area contributed by atoms with Gasteiger partial charge in [0.25, 0.3) is 0 Å². The SMILES string of the molecule is C[C](CNC(=O)OC(C)(C)C)c1ccc(OS(=O)(=O)c2ccccc2)cc1. The van der Waals surface area contributed by atoms with Crippen molar-refractivity contribution in [1.82, 2.24) is 5.32 Å². The fraction of sp³-hybridized carbons (Fsp3) is 0.300. The summed E-state index contributed by atoms with van der Waals surface area (Å²) in [5.74, 6) is 1.12. The van der Waals surface area contributed by atoms with E-state index in [0.29, 0.717) is 6.54 Å². The van der Waals surface area contributed by atoms with Crippen LogP contribution in [0.1, 0.15) is 33.3 Å². The molecule has 0 aromatic heterocycles. The maximum absolute atomic E-state index is 12.2. The number of hydrogen-bond donors (Lipinski definition) is 1. The molecule has 0 unspecified atom stereocenters. The molecule has 0 saturated carbocycles.